The Kier molecular flexibility index (Phi) is 6.14. The van der Waals surface area contributed by atoms with Crippen LogP contribution in [0.25, 0.3) is 0 Å². The fraction of sp³-hybridized carbons (Fsp3) is 0.500. The summed E-state index contributed by atoms with van der Waals surface area (Å²) in [6.45, 7) is 3.97. The Morgan fingerprint density at radius 1 is 1.32 bits per heavy atom. The lowest BCUT2D eigenvalue weighted by Crippen LogP contribution is -2.44. The van der Waals surface area contributed by atoms with Gasteiger partial charge in [-0.05, 0) is 6.07 Å². The molecule has 0 spiro atoms. The monoisotopic (exact) mass is 348 g/mol. The van der Waals surface area contributed by atoms with E-state index in [1.165, 1.54) is 6.07 Å². The molecule has 6 nitrogen and oxygen atoms in total. The summed E-state index contributed by atoms with van der Waals surface area (Å²) in [6.07, 6.45) is 2.97. The molecule has 0 amide bonds. The number of rotatable bonds is 7. The highest BCUT2D eigenvalue weighted by molar-refractivity contribution is 5.27. The van der Waals surface area contributed by atoms with Gasteiger partial charge < -0.3 is 19.7 Å². The maximum Gasteiger partial charge on any atom is 0.130 e. The van der Waals surface area contributed by atoms with Gasteiger partial charge in [0.1, 0.15) is 11.6 Å². The molecule has 1 fully saturated rings. The Balaban J connectivity index is 1.68. The molecule has 0 radical (unpaired) electrons. The summed E-state index contributed by atoms with van der Waals surface area (Å²) in [5.41, 5.74) is 0.523. The van der Waals surface area contributed by atoms with Crippen LogP contribution >= 0.6 is 0 Å². The molecule has 1 saturated heterocycles. The van der Waals surface area contributed by atoms with E-state index < -0.39 is 12.1 Å². The van der Waals surface area contributed by atoms with Crippen LogP contribution in [0.2, 0.25) is 0 Å². The second kappa shape index (κ2) is 8.53. The molecule has 1 aromatic carbocycles. The van der Waals surface area contributed by atoms with Crippen molar-refractivity contribution in [3.05, 3.63) is 53.9 Å². The number of benzene rings is 1. The highest BCUT2D eigenvalue weighted by atomic mass is 19.1. The van der Waals surface area contributed by atoms with Crippen LogP contribution in [0.15, 0.2) is 36.7 Å². The van der Waals surface area contributed by atoms with E-state index in [-0.39, 0.29) is 5.82 Å². The van der Waals surface area contributed by atoms with E-state index in [1.54, 1.807) is 24.4 Å². The van der Waals surface area contributed by atoms with Crippen LogP contribution in [-0.2, 0) is 11.8 Å². The minimum atomic E-state index is -0.548. The maximum absolute atomic E-state index is 14.3. The van der Waals surface area contributed by atoms with Gasteiger partial charge in [-0.15, -0.1) is 0 Å². The second-order valence-electron chi connectivity index (χ2n) is 6.33. The molecule has 0 saturated carbocycles. The van der Waals surface area contributed by atoms with Crippen molar-refractivity contribution in [2.75, 3.05) is 39.4 Å². The summed E-state index contributed by atoms with van der Waals surface area (Å²) in [4.78, 5) is 6.53. The third kappa shape index (κ3) is 4.64. The van der Waals surface area contributed by atoms with Gasteiger partial charge in [0, 0.05) is 51.2 Å². The number of hydrogen-bond acceptors (Lipinski definition) is 5. The van der Waals surface area contributed by atoms with E-state index in [0.717, 1.165) is 13.1 Å². The number of halogens is 1. The number of nitrogens with one attached hydrogen (secondary N) is 1. The zero-order valence-electron chi connectivity index (χ0n) is 14.4. The van der Waals surface area contributed by atoms with E-state index in [9.17, 15) is 9.50 Å². The van der Waals surface area contributed by atoms with Crippen molar-refractivity contribution in [2.24, 2.45) is 7.05 Å². The van der Waals surface area contributed by atoms with Crippen molar-refractivity contribution in [1.29, 1.82) is 0 Å². The lowest BCUT2D eigenvalue weighted by atomic mass is 10.0. The number of imidazole rings is 1. The van der Waals surface area contributed by atoms with Crippen molar-refractivity contribution in [3.8, 4) is 0 Å². The molecule has 2 aromatic rings. The molecular formula is C18H25FN4O2. The second-order valence-corrected chi connectivity index (χ2v) is 6.33. The first-order valence-corrected chi connectivity index (χ1v) is 8.58. The summed E-state index contributed by atoms with van der Waals surface area (Å²) >= 11 is 0. The number of morpholine rings is 1. The highest BCUT2D eigenvalue weighted by Crippen LogP contribution is 2.23. The first kappa shape index (κ1) is 18.0. The van der Waals surface area contributed by atoms with Gasteiger partial charge in [-0.2, -0.15) is 0 Å². The summed E-state index contributed by atoms with van der Waals surface area (Å²) in [5.74, 6) is 0.425. The molecule has 25 heavy (non-hydrogen) atoms. The molecule has 3 rings (SSSR count). The summed E-state index contributed by atoms with van der Waals surface area (Å²) in [5, 5.41) is 13.6. The van der Waals surface area contributed by atoms with Gasteiger partial charge in [-0.3, -0.25) is 4.90 Å². The van der Waals surface area contributed by atoms with Crippen molar-refractivity contribution >= 4 is 0 Å². The van der Waals surface area contributed by atoms with Gasteiger partial charge >= 0.3 is 0 Å². The Morgan fingerprint density at radius 3 is 2.76 bits per heavy atom. The highest BCUT2D eigenvalue weighted by Gasteiger charge is 2.23. The zero-order valence-corrected chi connectivity index (χ0v) is 14.4. The zero-order chi connectivity index (χ0) is 17.6. The Morgan fingerprint density at radius 2 is 2.08 bits per heavy atom. The number of aliphatic hydroxyl groups is 1. The summed E-state index contributed by atoms with van der Waals surface area (Å²) < 4.78 is 21.5. The van der Waals surface area contributed by atoms with Gasteiger partial charge in [0.2, 0.25) is 0 Å². The molecule has 1 aromatic heterocycles. The topological polar surface area (TPSA) is 62.5 Å². The molecular weight excluding hydrogens is 323 g/mol. The Bertz CT molecular complexity index is 673. The predicted octanol–water partition coefficient (Wildman–Crippen LogP) is 0.931. The predicted molar refractivity (Wildman–Crippen MR) is 92.7 cm³/mol. The number of hydrogen-bond donors (Lipinski definition) is 2. The van der Waals surface area contributed by atoms with Gasteiger partial charge in [-0.1, -0.05) is 18.2 Å². The van der Waals surface area contributed by atoms with Gasteiger partial charge in [0.15, 0.2) is 0 Å². The van der Waals surface area contributed by atoms with E-state index in [1.807, 2.05) is 17.8 Å². The van der Waals surface area contributed by atoms with Crippen molar-refractivity contribution in [2.45, 2.75) is 12.1 Å². The Hall–Kier alpha value is -1.80. The average molecular weight is 348 g/mol. The van der Waals surface area contributed by atoms with Gasteiger partial charge in [0.25, 0.3) is 0 Å². The van der Waals surface area contributed by atoms with Crippen LogP contribution in [0, 0.1) is 5.82 Å². The van der Waals surface area contributed by atoms with E-state index in [4.69, 9.17) is 4.74 Å². The normalized spacial score (nSPS) is 18.2. The lowest BCUT2D eigenvalue weighted by molar-refractivity contribution is 0.0146. The van der Waals surface area contributed by atoms with E-state index in [0.29, 0.717) is 37.7 Å². The van der Waals surface area contributed by atoms with Gasteiger partial charge in [0.05, 0.1) is 25.4 Å². The third-order valence-corrected chi connectivity index (χ3v) is 4.46. The quantitative estimate of drug-likeness (QED) is 0.780. The van der Waals surface area contributed by atoms with Crippen molar-refractivity contribution in [3.63, 3.8) is 0 Å². The number of ether oxygens (including phenoxy) is 1. The maximum atomic E-state index is 14.3. The molecule has 2 heterocycles. The van der Waals surface area contributed by atoms with Crippen LogP contribution in [0.1, 0.15) is 17.4 Å². The van der Waals surface area contributed by atoms with Crippen LogP contribution in [0.4, 0.5) is 4.39 Å². The number of nitrogens with zero attached hydrogens (tertiary/aromatic N) is 3. The van der Waals surface area contributed by atoms with Crippen molar-refractivity contribution in [1.82, 2.24) is 19.8 Å². The fourth-order valence-electron chi connectivity index (χ4n) is 3.11. The molecule has 0 bridgehead atoms. The first-order chi connectivity index (χ1) is 12.1. The minimum Gasteiger partial charge on any atom is -0.390 e. The van der Waals surface area contributed by atoms with Crippen LogP contribution in [0.5, 0.6) is 0 Å². The Labute approximate surface area is 147 Å². The molecule has 0 aliphatic carbocycles. The molecule has 7 heteroatoms. The molecule has 1 aliphatic heterocycles. The number of aryl methyl sites for hydroxylation is 1. The summed E-state index contributed by atoms with van der Waals surface area (Å²) in [7, 11) is 1.88. The molecule has 2 N–H and O–H groups in total. The minimum absolute atomic E-state index is 0.286. The van der Waals surface area contributed by atoms with E-state index >= 15 is 0 Å². The van der Waals surface area contributed by atoms with Crippen LogP contribution in [-0.4, -0.2) is 65.1 Å². The first-order valence-electron chi connectivity index (χ1n) is 8.58. The number of aliphatic hydroxyl groups excluding tert-OH is 1. The molecule has 136 valence electrons. The standard InChI is InChI=1S/C18H25FN4O2/c1-22-7-6-20-18(22)17(15-4-2-3-5-16(15)19)21-12-14(24)13-23-8-10-25-11-9-23/h2-7,14,17,21,24H,8-13H2,1H3. The van der Waals surface area contributed by atoms with Gasteiger partial charge in [-0.25, -0.2) is 9.37 Å². The molecule has 2 unspecified atom stereocenters. The summed E-state index contributed by atoms with van der Waals surface area (Å²) in [6, 6.07) is 6.25. The smallest absolute Gasteiger partial charge is 0.130 e. The fourth-order valence-corrected chi connectivity index (χ4v) is 3.11. The SMILES string of the molecule is Cn1ccnc1C(NCC(O)CN1CCOCC1)c1ccccc1F. The van der Waals surface area contributed by atoms with Crippen molar-refractivity contribution < 1.29 is 14.2 Å². The lowest BCUT2D eigenvalue weighted by Gasteiger charge is -2.29. The molecule has 2 atom stereocenters. The third-order valence-electron chi connectivity index (χ3n) is 4.46. The van der Waals surface area contributed by atoms with E-state index in [2.05, 4.69) is 15.2 Å². The molecule has 1 aliphatic rings. The van der Waals surface area contributed by atoms with Crippen LogP contribution < -0.4 is 5.32 Å². The average Bonchev–Trinajstić information content (AvgIpc) is 3.03. The van der Waals surface area contributed by atoms with Crippen LogP contribution in [0.3, 0.4) is 0 Å². The number of aromatic nitrogens is 2. The largest absolute Gasteiger partial charge is 0.390 e. The number of β-amino-alcohol motifs (C(OH)–C–C–N with tert-alkyl or cyclic N) is 1.